The minimum Gasteiger partial charge on any atom is -0.298 e. The average Bonchev–Trinajstić information content (AvgIpc) is 2.18. The Labute approximate surface area is 88.8 Å². The Morgan fingerprint density at radius 1 is 1.60 bits per heavy atom. The molecule has 0 N–H and O–H groups in total. The van der Waals surface area contributed by atoms with Crippen LogP contribution in [0.1, 0.15) is 31.2 Å². The number of rotatable bonds is 3. The van der Waals surface area contributed by atoms with Crippen molar-refractivity contribution >= 4 is 5.78 Å². The molecule has 1 aromatic heterocycles. The van der Waals surface area contributed by atoms with E-state index >= 15 is 0 Å². The second-order valence-corrected chi connectivity index (χ2v) is 3.94. The Morgan fingerprint density at radius 2 is 2.40 bits per heavy atom. The minimum absolute atomic E-state index is 0.00882. The molecule has 1 aliphatic rings. The molecule has 1 aliphatic carbocycles. The predicted molar refractivity (Wildman–Crippen MR) is 55.0 cm³/mol. The lowest BCUT2D eigenvalue weighted by Gasteiger charge is -2.40. The van der Waals surface area contributed by atoms with Crippen molar-refractivity contribution in [3.8, 4) is 6.07 Å². The molecular weight excluding hydrogens is 188 g/mol. The van der Waals surface area contributed by atoms with Gasteiger partial charge < -0.3 is 0 Å². The molecule has 1 heterocycles. The van der Waals surface area contributed by atoms with Crippen molar-refractivity contribution in [3.63, 3.8) is 0 Å². The SMILES string of the molecule is N#CCC(=O)C1(c2cccnc2)CCC1. The van der Waals surface area contributed by atoms with Gasteiger partial charge in [0, 0.05) is 12.4 Å². The Bertz CT molecular complexity index is 401. The van der Waals surface area contributed by atoms with Gasteiger partial charge in [-0.2, -0.15) is 5.26 Å². The monoisotopic (exact) mass is 200 g/mol. The van der Waals surface area contributed by atoms with E-state index in [1.807, 2.05) is 18.2 Å². The molecule has 76 valence electrons. The van der Waals surface area contributed by atoms with Gasteiger partial charge in [0.25, 0.3) is 0 Å². The zero-order valence-electron chi connectivity index (χ0n) is 8.44. The number of nitrogens with zero attached hydrogens (tertiary/aromatic N) is 2. The molecule has 0 spiro atoms. The average molecular weight is 200 g/mol. The summed E-state index contributed by atoms with van der Waals surface area (Å²) in [5, 5.41) is 8.58. The minimum atomic E-state index is -0.399. The summed E-state index contributed by atoms with van der Waals surface area (Å²) in [5.74, 6) is 0.0456. The summed E-state index contributed by atoms with van der Waals surface area (Å²) >= 11 is 0. The Kier molecular flexibility index (Phi) is 2.51. The van der Waals surface area contributed by atoms with E-state index < -0.39 is 5.41 Å². The number of pyridine rings is 1. The van der Waals surface area contributed by atoms with Crippen LogP contribution in [0.4, 0.5) is 0 Å². The molecule has 1 aromatic rings. The highest BCUT2D eigenvalue weighted by Crippen LogP contribution is 2.44. The van der Waals surface area contributed by atoms with Gasteiger partial charge in [0.1, 0.15) is 0 Å². The van der Waals surface area contributed by atoms with Crippen LogP contribution < -0.4 is 0 Å². The summed E-state index contributed by atoms with van der Waals surface area (Å²) in [4.78, 5) is 15.9. The topological polar surface area (TPSA) is 53.8 Å². The molecule has 1 fully saturated rings. The van der Waals surface area contributed by atoms with Crippen molar-refractivity contribution < 1.29 is 4.79 Å². The van der Waals surface area contributed by atoms with Crippen molar-refractivity contribution in [1.82, 2.24) is 4.98 Å². The number of ketones is 1. The maximum Gasteiger partial charge on any atom is 0.157 e. The van der Waals surface area contributed by atoms with Gasteiger partial charge in [-0.3, -0.25) is 9.78 Å². The van der Waals surface area contributed by atoms with Crippen LogP contribution in [0.2, 0.25) is 0 Å². The molecule has 0 radical (unpaired) electrons. The number of carbonyl (C=O) groups is 1. The molecule has 0 aliphatic heterocycles. The van der Waals surface area contributed by atoms with Crippen molar-refractivity contribution in [3.05, 3.63) is 30.1 Å². The highest BCUT2D eigenvalue weighted by molar-refractivity contribution is 5.92. The lowest BCUT2D eigenvalue weighted by molar-refractivity contribution is -0.126. The molecule has 1 saturated carbocycles. The first-order valence-corrected chi connectivity index (χ1v) is 5.10. The Hall–Kier alpha value is -1.69. The fourth-order valence-electron chi connectivity index (χ4n) is 2.15. The van der Waals surface area contributed by atoms with E-state index in [1.165, 1.54) is 0 Å². The second kappa shape index (κ2) is 3.82. The molecule has 3 heteroatoms. The van der Waals surface area contributed by atoms with Gasteiger partial charge in [0.15, 0.2) is 5.78 Å². The summed E-state index contributed by atoms with van der Waals surface area (Å²) in [5.41, 5.74) is 0.570. The third kappa shape index (κ3) is 1.52. The largest absolute Gasteiger partial charge is 0.298 e. The maximum atomic E-state index is 11.9. The molecule has 0 amide bonds. The van der Waals surface area contributed by atoms with Gasteiger partial charge >= 0.3 is 0 Å². The van der Waals surface area contributed by atoms with Gasteiger partial charge in [0.05, 0.1) is 17.9 Å². The quantitative estimate of drug-likeness (QED) is 0.749. The van der Waals surface area contributed by atoms with Crippen molar-refractivity contribution in [2.45, 2.75) is 31.1 Å². The fourth-order valence-corrected chi connectivity index (χ4v) is 2.15. The second-order valence-electron chi connectivity index (χ2n) is 3.94. The van der Waals surface area contributed by atoms with Gasteiger partial charge in [-0.25, -0.2) is 0 Å². The van der Waals surface area contributed by atoms with E-state index in [4.69, 9.17) is 5.26 Å². The van der Waals surface area contributed by atoms with Crippen LogP contribution >= 0.6 is 0 Å². The predicted octanol–water partition coefficient (Wildman–Crippen LogP) is 1.99. The van der Waals surface area contributed by atoms with Crippen LogP contribution in [-0.2, 0) is 10.2 Å². The molecule has 2 rings (SSSR count). The van der Waals surface area contributed by atoms with E-state index in [9.17, 15) is 4.79 Å². The lowest BCUT2D eigenvalue weighted by Crippen LogP contribution is -2.42. The van der Waals surface area contributed by atoms with E-state index in [0.717, 1.165) is 24.8 Å². The maximum absolute atomic E-state index is 11.9. The highest BCUT2D eigenvalue weighted by atomic mass is 16.1. The zero-order valence-corrected chi connectivity index (χ0v) is 8.44. The standard InChI is InChI=1S/C12H12N2O/c13-7-4-11(15)12(5-2-6-12)10-3-1-8-14-9-10/h1,3,8-9H,2,4-6H2. The summed E-state index contributed by atoms with van der Waals surface area (Å²) in [6.07, 6.45) is 6.23. The molecule has 0 saturated heterocycles. The summed E-state index contributed by atoms with van der Waals surface area (Å²) in [6, 6.07) is 5.72. The van der Waals surface area contributed by atoms with Crippen molar-refractivity contribution in [1.29, 1.82) is 5.26 Å². The van der Waals surface area contributed by atoms with Gasteiger partial charge in [-0.15, -0.1) is 0 Å². The summed E-state index contributed by atoms with van der Waals surface area (Å²) in [6.45, 7) is 0. The van der Waals surface area contributed by atoms with Crippen LogP contribution in [0.25, 0.3) is 0 Å². The number of Topliss-reactive ketones (excluding diaryl/α,β-unsaturated/α-hetero) is 1. The third-order valence-electron chi connectivity index (χ3n) is 3.19. The first-order chi connectivity index (χ1) is 7.29. The van der Waals surface area contributed by atoms with Crippen LogP contribution in [0.5, 0.6) is 0 Å². The van der Waals surface area contributed by atoms with E-state index in [0.29, 0.717) is 0 Å². The first kappa shape index (κ1) is 9.85. The lowest BCUT2D eigenvalue weighted by atomic mass is 9.62. The highest BCUT2D eigenvalue weighted by Gasteiger charge is 2.44. The first-order valence-electron chi connectivity index (χ1n) is 5.10. The number of carbonyl (C=O) groups excluding carboxylic acids is 1. The molecule has 0 aromatic carbocycles. The number of nitriles is 1. The van der Waals surface area contributed by atoms with Crippen LogP contribution in [0.15, 0.2) is 24.5 Å². The van der Waals surface area contributed by atoms with Crippen molar-refractivity contribution in [2.24, 2.45) is 0 Å². The third-order valence-corrected chi connectivity index (χ3v) is 3.19. The molecule has 0 unspecified atom stereocenters. The number of hydrogen-bond acceptors (Lipinski definition) is 3. The Morgan fingerprint density at radius 3 is 2.87 bits per heavy atom. The van der Waals surface area contributed by atoms with Crippen LogP contribution in [-0.4, -0.2) is 10.8 Å². The smallest absolute Gasteiger partial charge is 0.157 e. The molecular formula is C12H12N2O. The van der Waals surface area contributed by atoms with E-state index in [-0.39, 0.29) is 12.2 Å². The normalized spacial score (nSPS) is 17.5. The molecule has 3 nitrogen and oxygen atoms in total. The van der Waals surface area contributed by atoms with Gasteiger partial charge in [-0.1, -0.05) is 12.5 Å². The van der Waals surface area contributed by atoms with Crippen LogP contribution in [0, 0.1) is 11.3 Å². The van der Waals surface area contributed by atoms with Crippen molar-refractivity contribution in [2.75, 3.05) is 0 Å². The molecule has 0 atom stereocenters. The van der Waals surface area contributed by atoms with Gasteiger partial charge in [0.2, 0.25) is 0 Å². The van der Waals surface area contributed by atoms with Crippen LogP contribution in [0.3, 0.4) is 0 Å². The Balaban J connectivity index is 2.31. The number of aromatic nitrogens is 1. The molecule has 0 bridgehead atoms. The molecule has 15 heavy (non-hydrogen) atoms. The number of hydrogen-bond donors (Lipinski definition) is 0. The summed E-state index contributed by atoms with van der Waals surface area (Å²) in [7, 11) is 0. The van der Waals surface area contributed by atoms with E-state index in [2.05, 4.69) is 4.98 Å². The van der Waals surface area contributed by atoms with E-state index in [1.54, 1.807) is 12.4 Å². The fraction of sp³-hybridized carbons (Fsp3) is 0.417. The summed E-state index contributed by atoms with van der Waals surface area (Å²) < 4.78 is 0. The van der Waals surface area contributed by atoms with Gasteiger partial charge in [-0.05, 0) is 24.5 Å². The zero-order chi connectivity index (χ0) is 10.7.